The Morgan fingerprint density at radius 1 is 0.905 bits per heavy atom. The Bertz CT molecular complexity index is 1300. The Morgan fingerprint density at radius 3 is 2.05 bits per heavy atom. The minimum absolute atomic E-state index is 0.0455. The number of ketones is 1. The van der Waals surface area contributed by atoms with Crippen molar-refractivity contribution in [2.45, 2.75) is 39.2 Å². The van der Waals surface area contributed by atoms with Crippen molar-refractivity contribution < 1.29 is 46.8 Å². The second kappa shape index (κ2) is 15.6. The molecule has 11 heteroatoms. The predicted molar refractivity (Wildman–Crippen MR) is 147 cm³/mol. The number of benzene rings is 2. The molecule has 0 radical (unpaired) electrons. The molecule has 0 amide bonds. The number of carbonyl (C=O) groups is 3. The molecule has 42 heavy (non-hydrogen) atoms. The molecule has 0 unspecified atom stereocenters. The lowest BCUT2D eigenvalue weighted by Gasteiger charge is -2.26. The maximum absolute atomic E-state index is 13.6. The number of methoxy groups -OCH3 is 1. The molecule has 1 heterocycles. The van der Waals surface area contributed by atoms with Gasteiger partial charge >= 0.3 is 11.9 Å². The maximum atomic E-state index is 13.6. The molecule has 3 aromatic rings. The molecule has 224 valence electrons. The van der Waals surface area contributed by atoms with Gasteiger partial charge < -0.3 is 23.7 Å². The summed E-state index contributed by atoms with van der Waals surface area (Å²) in [6, 6.07) is 12.9. The molecule has 0 N–H and O–H groups in total. The van der Waals surface area contributed by atoms with Gasteiger partial charge in [-0.3, -0.25) is 9.59 Å². The van der Waals surface area contributed by atoms with Crippen molar-refractivity contribution in [2.75, 3.05) is 27.1 Å². The molecule has 0 aliphatic carbocycles. The summed E-state index contributed by atoms with van der Waals surface area (Å²) >= 11 is 0. The first-order valence-corrected chi connectivity index (χ1v) is 13.3. The van der Waals surface area contributed by atoms with Crippen molar-refractivity contribution in [3.05, 3.63) is 89.2 Å². The first-order valence-electron chi connectivity index (χ1n) is 13.3. The summed E-state index contributed by atoms with van der Waals surface area (Å²) in [4.78, 5) is 42.1. The monoisotopic (exact) mass is 585 g/mol. The molecule has 2 atom stereocenters. The van der Waals surface area contributed by atoms with Crippen molar-refractivity contribution in [2.24, 2.45) is 5.92 Å². The van der Waals surface area contributed by atoms with E-state index >= 15 is 0 Å². The van der Waals surface area contributed by atoms with E-state index < -0.39 is 54.1 Å². The van der Waals surface area contributed by atoms with Crippen LogP contribution in [0.1, 0.15) is 54.7 Å². The molecule has 0 aliphatic rings. The molecular formula is C31H33F2NO8. The lowest BCUT2D eigenvalue weighted by Crippen LogP contribution is -2.28. The van der Waals surface area contributed by atoms with Crippen molar-refractivity contribution >= 4 is 17.7 Å². The fourth-order valence-electron chi connectivity index (χ4n) is 4.21. The molecule has 0 spiro atoms. The lowest BCUT2D eigenvalue weighted by molar-refractivity contribution is -0.155. The van der Waals surface area contributed by atoms with E-state index in [0.717, 1.165) is 0 Å². The molecule has 2 aromatic carbocycles. The van der Waals surface area contributed by atoms with E-state index in [0.29, 0.717) is 17.7 Å². The highest BCUT2D eigenvalue weighted by Gasteiger charge is 2.29. The highest BCUT2D eigenvalue weighted by Crippen LogP contribution is 2.33. The predicted octanol–water partition coefficient (Wildman–Crippen LogP) is 5.26. The van der Waals surface area contributed by atoms with Crippen LogP contribution in [0.25, 0.3) is 0 Å². The third-order valence-electron chi connectivity index (χ3n) is 6.32. The summed E-state index contributed by atoms with van der Waals surface area (Å²) in [7, 11) is 1.37. The zero-order valence-corrected chi connectivity index (χ0v) is 23.8. The molecule has 0 fully saturated rings. The fourth-order valence-corrected chi connectivity index (χ4v) is 4.21. The Balaban J connectivity index is 1.71. The summed E-state index contributed by atoms with van der Waals surface area (Å²) in [5.41, 5.74) is 1.21. The highest BCUT2D eigenvalue weighted by atomic mass is 19.1. The van der Waals surface area contributed by atoms with E-state index in [-0.39, 0.29) is 30.2 Å². The third-order valence-corrected chi connectivity index (χ3v) is 6.32. The number of esters is 2. The second-order valence-electron chi connectivity index (χ2n) is 9.36. The number of hydrogen-bond acceptors (Lipinski definition) is 9. The Morgan fingerprint density at radius 2 is 1.50 bits per heavy atom. The van der Waals surface area contributed by atoms with Crippen LogP contribution in [0, 0.1) is 17.6 Å². The number of pyridine rings is 1. The largest absolute Gasteiger partial charge is 0.493 e. The zero-order valence-electron chi connectivity index (χ0n) is 23.8. The van der Waals surface area contributed by atoms with E-state index in [1.54, 1.807) is 38.1 Å². The second-order valence-corrected chi connectivity index (χ2v) is 9.36. The fraction of sp³-hybridized carbons (Fsp3) is 0.355. The number of carbonyl (C=O) groups excluding carboxylic acids is 3. The van der Waals surface area contributed by atoms with Crippen molar-refractivity contribution in [1.82, 2.24) is 4.98 Å². The number of aromatic nitrogens is 1. The zero-order chi connectivity index (χ0) is 30.6. The highest BCUT2D eigenvalue weighted by molar-refractivity contribution is 5.99. The van der Waals surface area contributed by atoms with Crippen LogP contribution in [0.3, 0.4) is 0 Å². The van der Waals surface area contributed by atoms with Gasteiger partial charge in [0.25, 0.3) is 0 Å². The Labute approximate surface area is 242 Å². The average molecular weight is 586 g/mol. The quantitative estimate of drug-likeness (QED) is 0.134. The first kappa shape index (κ1) is 32.1. The van der Waals surface area contributed by atoms with Gasteiger partial charge in [-0.2, -0.15) is 0 Å². The van der Waals surface area contributed by atoms with Gasteiger partial charge in [0.2, 0.25) is 6.79 Å². The normalized spacial score (nSPS) is 12.4. The van der Waals surface area contributed by atoms with Crippen LogP contribution in [0.4, 0.5) is 8.78 Å². The van der Waals surface area contributed by atoms with Crippen molar-refractivity contribution in [1.29, 1.82) is 0 Å². The van der Waals surface area contributed by atoms with Crippen LogP contribution < -0.4 is 9.47 Å². The summed E-state index contributed by atoms with van der Waals surface area (Å²) in [5, 5.41) is 0. The number of halogens is 2. The number of Topliss-reactive ketones (excluding diaryl/α,β-unsaturated/α-hetero) is 1. The van der Waals surface area contributed by atoms with E-state index in [1.807, 2.05) is 0 Å². The molecule has 3 rings (SSSR count). The standard InChI is InChI=1S/C31H33F2NO8/c1-5-39-17-27(36)40-18-41-30-26(38-4)14-15-34-29(30)25(35)16-19(2)31(37)42-20(3)28(21-6-10-23(32)11-7-21)22-8-12-24(33)13-9-22/h6-15,19-20,28H,5,16-18H2,1-4H3/t19-,20+/m1/s1. The molecular weight excluding hydrogens is 552 g/mol. The number of rotatable bonds is 15. The molecule has 1 aromatic heterocycles. The summed E-state index contributed by atoms with van der Waals surface area (Å²) in [6.45, 7) is 4.51. The van der Waals surface area contributed by atoms with Crippen LogP contribution in [-0.4, -0.2) is 55.9 Å². The van der Waals surface area contributed by atoms with Gasteiger partial charge in [0.1, 0.15) is 24.3 Å². The minimum atomic E-state index is -0.882. The van der Waals surface area contributed by atoms with Crippen LogP contribution in [-0.2, 0) is 23.8 Å². The minimum Gasteiger partial charge on any atom is -0.493 e. The summed E-state index contributed by atoms with van der Waals surface area (Å²) in [6.07, 6.45) is 0.330. The summed E-state index contributed by atoms with van der Waals surface area (Å²) in [5.74, 6) is -3.96. The van der Waals surface area contributed by atoms with Crippen LogP contribution in [0.2, 0.25) is 0 Å². The SMILES string of the molecule is CCOCC(=O)OCOc1c(OC)ccnc1C(=O)C[C@@H](C)C(=O)O[C@@H](C)C(c1ccc(F)cc1)c1ccc(F)cc1. The van der Waals surface area contributed by atoms with Gasteiger partial charge in [0.15, 0.2) is 23.0 Å². The third kappa shape index (κ3) is 8.81. The van der Waals surface area contributed by atoms with Crippen molar-refractivity contribution in [3.63, 3.8) is 0 Å². The van der Waals surface area contributed by atoms with Crippen LogP contribution in [0.15, 0.2) is 60.8 Å². The molecule has 0 saturated carbocycles. The van der Waals surface area contributed by atoms with E-state index in [9.17, 15) is 23.2 Å². The van der Waals surface area contributed by atoms with E-state index in [1.165, 1.54) is 50.6 Å². The topological polar surface area (TPSA) is 110 Å². The molecule has 0 aliphatic heterocycles. The van der Waals surface area contributed by atoms with Gasteiger partial charge in [0, 0.05) is 31.2 Å². The van der Waals surface area contributed by atoms with E-state index in [4.69, 9.17) is 23.7 Å². The Hall–Kier alpha value is -4.38. The Kier molecular flexibility index (Phi) is 11.9. The molecule has 9 nitrogen and oxygen atoms in total. The molecule has 0 saturated heterocycles. The van der Waals surface area contributed by atoms with Crippen LogP contribution >= 0.6 is 0 Å². The van der Waals surface area contributed by atoms with Gasteiger partial charge in [-0.1, -0.05) is 31.2 Å². The maximum Gasteiger partial charge on any atom is 0.334 e. The van der Waals surface area contributed by atoms with Gasteiger partial charge in [0.05, 0.1) is 13.0 Å². The number of nitrogens with zero attached hydrogens (tertiary/aromatic N) is 1. The number of ether oxygens (including phenoxy) is 5. The van der Waals surface area contributed by atoms with Crippen LogP contribution in [0.5, 0.6) is 11.5 Å². The smallest absolute Gasteiger partial charge is 0.334 e. The van der Waals surface area contributed by atoms with Gasteiger partial charge in [-0.25, -0.2) is 18.6 Å². The first-order chi connectivity index (χ1) is 20.1. The van der Waals surface area contributed by atoms with Gasteiger partial charge in [-0.05, 0) is 49.2 Å². The average Bonchev–Trinajstić information content (AvgIpc) is 2.98. The molecule has 0 bridgehead atoms. The van der Waals surface area contributed by atoms with Gasteiger partial charge in [-0.15, -0.1) is 0 Å². The summed E-state index contributed by atoms with van der Waals surface area (Å²) < 4.78 is 53.7. The van der Waals surface area contributed by atoms with E-state index in [2.05, 4.69) is 4.98 Å². The number of hydrogen-bond donors (Lipinski definition) is 0. The van der Waals surface area contributed by atoms with Crippen molar-refractivity contribution in [3.8, 4) is 11.5 Å². The lowest BCUT2D eigenvalue weighted by atomic mass is 9.87.